The van der Waals surface area contributed by atoms with Crippen molar-refractivity contribution in [2.75, 3.05) is 0 Å². The van der Waals surface area contributed by atoms with E-state index in [1.807, 2.05) is 0 Å². The summed E-state index contributed by atoms with van der Waals surface area (Å²) in [6, 6.07) is 17.4. The van der Waals surface area contributed by atoms with Gasteiger partial charge in [0.15, 0.2) is 0 Å². The van der Waals surface area contributed by atoms with E-state index in [0.717, 1.165) is 24.2 Å². The minimum absolute atomic E-state index is 0.0783. The first-order valence-corrected chi connectivity index (χ1v) is 9.16. The standard InChI is InChI=1S/C22H25N3/c1-5-22(3,4)25-21-19-13-9-8-11-17(19)15(2)14-16-10-6-7-12-18(16)20(21)23-24-25/h6-13,15H,5,14H2,1-4H3. The van der Waals surface area contributed by atoms with Crippen LogP contribution in [0.3, 0.4) is 0 Å². The van der Waals surface area contributed by atoms with Crippen LogP contribution in [-0.2, 0) is 12.0 Å². The Labute approximate surface area is 149 Å². The molecule has 3 nitrogen and oxygen atoms in total. The fourth-order valence-electron chi connectivity index (χ4n) is 3.79. The molecule has 0 radical (unpaired) electrons. The van der Waals surface area contributed by atoms with E-state index < -0.39 is 0 Å². The van der Waals surface area contributed by atoms with Gasteiger partial charge >= 0.3 is 0 Å². The molecule has 0 bridgehead atoms. The van der Waals surface area contributed by atoms with E-state index in [1.165, 1.54) is 22.3 Å². The molecule has 0 aliphatic heterocycles. The predicted molar refractivity (Wildman–Crippen MR) is 103 cm³/mol. The fourth-order valence-corrected chi connectivity index (χ4v) is 3.79. The first kappa shape index (κ1) is 16.1. The van der Waals surface area contributed by atoms with Gasteiger partial charge in [-0.3, -0.25) is 0 Å². The van der Waals surface area contributed by atoms with Crippen LogP contribution in [0.1, 0.15) is 51.2 Å². The van der Waals surface area contributed by atoms with Gasteiger partial charge in [-0.2, -0.15) is 0 Å². The van der Waals surface area contributed by atoms with E-state index in [-0.39, 0.29) is 5.54 Å². The summed E-state index contributed by atoms with van der Waals surface area (Å²) < 4.78 is 2.13. The summed E-state index contributed by atoms with van der Waals surface area (Å²) in [6.45, 7) is 9.00. The third-order valence-corrected chi connectivity index (χ3v) is 5.65. The van der Waals surface area contributed by atoms with Gasteiger partial charge in [0.1, 0.15) is 5.69 Å². The maximum absolute atomic E-state index is 4.65. The quantitative estimate of drug-likeness (QED) is 0.628. The highest BCUT2D eigenvalue weighted by Crippen LogP contribution is 2.42. The average Bonchev–Trinajstić information content (AvgIpc) is 3.06. The molecule has 1 aromatic heterocycles. The number of rotatable bonds is 2. The molecule has 1 unspecified atom stereocenters. The Kier molecular flexibility index (Phi) is 3.75. The Hall–Kier alpha value is -2.42. The third-order valence-electron chi connectivity index (χ3n) is 5.65. The van der Waals surface area contributed by atoms with Gasteiger partial charge < -0.3 is 0 Å². The SMILES string of the molecule is CCC(C)(C)n1nnc2c1-c1ccccc1C(C)Cc1ccccc1-2. The summed E-state index contributed by atoms with van der Waals surface area (Å²) in [7, 11) is 0. The molecule has 4 rings (SSSR count). The highest BCUT2D eigenvalue weighted by Gasteiger charge is 2.30. The lowest BCUT2D eigenvalue weighted by molar-refractivity contribution is 0.304. The molecule has 1 heterocycles. The van der Waals surface area contributed by atoms with E-state index in [2.05, 4.69) is 91.2 Å². The lowest BCUT2D eigenvalue weighted by Gasteiger charge is -2.28. The molecule has 0 fully saturated rings. The van der Waals surface area contributed by atoms with Gasteiger partial charge in [0.25, 0.3) is 0 Å². The molecule has 128 valence electrons. The summed E-state index contributed by atoms with van der Waals surface area (Å²) in [5.74, 6) is 0.457. The summed E-state index contributed by atoms with van der Waals surface area (Å²) >= 11 is 0. The highest BCUT2D eigenvalue weighted by molar-refractivity contribution is 5.82. The second-order valence-electron chi connectivity index (χ2n) is 7.71. The fraction of sp³-hybridized carbons (Fsp3) is 0.364. The van der Waals surface area contributed by atoms with Crippen molar-refractivity contribution < 1.29 is 0 Å². The van der Waals surface area contributed by atoms with E-state index >= 15 is 0 Å². The van der Waals surface area contributed by atoms with Crippen molar-refractivity contribution in [3.63, 3.8) is 0 Å². The topological polar surface area (TPSA) is 30.7 Å². The zero-order chi connectivity index (χ0) is 17.6. The molecule has 3 heteroatoms. The highest BCUT2D eigenvalue weighted by atomic mass is 15.5. The van der Waals surface area contributed by atoms with Crippen molar-refractivity contribution in [1.29, 1.82) is 0 Å². The van der Waals surface area contributed by atoms with Crippen LogP contribution >= 0.6 is 0 Å². The summed E-state index contributed by atoms with van der Waals surface area (Å²) in [4.78, 5) is 0. The van der Waals surface area contributed by atoms with Crippen LogP contribution in [0.4, 0.5) is 0 Å². The molecule has 0 saturated carbocycles. The van der Waals surface area contributed by atoms with Crippen molar-refractivity contribution in [3.8, 4) is 22.5 Å². The molecule has 0 amide bonds. The zero-order valence-corrected chi connectivity index (χ0v) is 15.5. The Morgan fingerprint density at radius 3 is 2.48 bits per heavy atom. The van der Waals surface area contributed by atoms with Crippen LogP contribution in [0.5, 0.6) is 0 Å². The van der Waals surface area contributed by atoms with Gasteiger partial charge in [0, 0.05) is 11.1 Å². The van der Waals surface area contributed by atoms with Crippen LogP contribution in [0.25, 0.3) is 22.5 Å². The number of nitrogens with zero attached hydrogens (tertiary/aromatic N) is 3. The molecule has 25 heavy (non-hydrogen) atoms. The van der Waals surface area contributed by atoms with E-state index in [4.69, 9.17) is 0 Å². The Morgan fingerprint density at radius 2 is 1.72 bits per heavy atom. The molecular formula is C22H25N3. The molecule has 0 spiro atoms. The number of fused-ring (bicyclic) bond motifs is 5. The number of hydrogen-bond donors (Lipinski definition) is 0. The third kappa shape index (κ3) is 2.50. The van der Waals surface area contributed by atoms with Crippen LogP contribution in [0, 0.1) is 0 Å². The minimum Gasteiger partial charge on any atom is -0.238 e. The van der Waals surface area contributed by atoms with Gasteiger partial charge in [0.05, 0.1) is 11.2 Å². The molecule has 1 aliphatic carbocycles. The number of aromatic nitrogens is 3. The van der Waals surface area contributed by atoms with Gasteiger partial charge in [-0.1, -0.05) is 67.6 Å². The van der Waals surface area contributed by atoms with E-state index in [9.17, 15) is 0 Å². The maximum atomic E-state index is 4.65. The van der Waals surface area contributed by atoms with Crippen molar-refractivity contribution in [1.82, 2.24) is 15.0 Å². The number of benzene rings is 2. The predicted octanol–water partition coefficient (Wildman–Crippen LogP) is 5.42. The van der Waals surface area contributed by atoms with Gasteiger partial charge in [-0.05, 0) is 43.7 Å². The molecule has 0 saturated heterocycles. The van der Waals surface area contributed by atoms with E-state index in [1.54, 1.807) is 0 Å². The molecule has 1 atom stereocenters. The summed E-state index contributed by atoms with van der Waals surface area (Å²) in [5, 5.41) is 9.26. The first-order chi connectivity index (χ1) is 12.0. The largest absolute Gasteiger partial charge is 0.238 e. The maximum Gasteiger partial charge on any atom is 0.121 e. The average molecular weight is 331 g/mol. The smallest absolute Gasteiger partial charge is 0.121 e. The molecule has 3 aromatic rings. The van der Waals surface area contributed by atoms with Crippen molar-refractivity contribution in [3.05, 3.63) is 59.7 Å². The normalized spacial score (nSPS) is 16.4. The minimum atomic E-state index is -0.0783. The molecule has 0 N–H and O–H groups in total. The Morgan fingerprint density at radius 1 is 1.04 bits per heavy atom. The summed E-state index contributed by atoms with van der Waals surface area (Å²) in [6.07, 6.45) is 2.03. The van der Waals surface area contributed by atoms with Gasteiger partial charge in [0.2, 0.25) is 0 Å². The van der Waals surface area contributed by atoms with Crippen molar-refractivity contribution >= 4 is 0 Å². The lowest BCUT2D eigenvalue weighted by Crippen LogP contribution is -2.27. The number of hydrogen-bond acceptors (Lipinski definition) is 2. The van der Waals surface area contributed by atoms with Gasteiger partial charge in [-0.15, -0.1) is 5.10 Å². The molecular weight excluding hydrogens is 306 g/mol. The first-order valence-electron chi connectivity index (χ1n) is 9.16. The van der Waals surface area contributed by atoms with E-state index in [0.29, 0.717) is 5.92 Å². The van der Waals surface area contributed by atoms with Crippen LogP contribution < -0.4 is 0 Å². The lowest BCUT2D eigenvalue weighted by atomic mass is 9.83. The zero-order valence-electron chi connectivity index (χ0n) is 15.5. The summed E-state index contributed by atoms with van der Waals surface area (Å²) in [5.41, 5.74) is 7.31. The van der Waals surface area contributed by atoms with Crippen LogP contribution in [-0.4, -0.2) is 15.0 Å². The molecule has 2 aromatic carbocycles. The second-order valence-corrected chi connectivity index (χ2v) is 7.71. The van der Waals surface area contributed by atoms with Crippen molar-refractivity contribution in [2.45, 2.75) is 52.0 Å². The Bertz CT molecular complexity index is 921. The Balaban J connectivity index is 2.10. The van der Waals surface area contributed by atoms with Gasteiger partial charge in [-0.25, -0.2) is 4.68 Å². The second kappa shape index (κ2) is 5.83. The monoisotopic (exact) mass is 331 g/mol. The van der Waals surface area contributed by atoms with Crippen LogP contribution in [0.15, 0.2) is 48.5 Å². The molecule has 1 aliphatic rings. The van der Waals surface area contributed by atoms with Crippen molar-refractivity contribution in [2.24, 2.45) is 0 Å². The van der Waals surface area contributed by atoms with Crippen LogP contribution in [0.2, 0.25) is 0 Å².